The van der Waals surface area contributed by atoms with Gasteiger partial charge in [0, 0.05) is 25.3 Å². The molecule has 0 aliphatic carbocycles. The number of rotatable bonds is 5. The van der Waals surface area contributed by atoms with Crippen LogP contribution >= 0.6 is 0 Å². The zero-order chi connectivity index (χ0) is 17.9. The van der Waals surface area contributed by atoms with Gasteiger partial charge in [-0.2, -0.15) is 0 Å². The molecule has 0 saturated carbocycles. The molecule has 0 radical (unpaired) electrons. The Morgan fingerprint density at radius 1 is 1.24 bits per heavy atom. The van der Waals surface area contributed by atoms with E-state index in [9.17, 15) is 9.59 Å². The number of carbonyl (C=O) groups is 2. The van der Waals surface area contributed by atoms with Crippen molar-refractivity contribution in [2.24, 2.45) is 11.1 Å². The number of ether oxygens (including phenoxy) is 1. The minimum Gasteiger partial charge on any atom is -0.381 e. The number of aryl methyl sites for hydroxylation is 1. The molecule has 0 spiro atoms. The summed E-state index contributed by atoms with van der Waals surface area (Å²) in [6, 6.07) is 9.34. The number of primary amides is 1. The van der Waals surface area contributed by atoms with E-state index >= 15 is 0 Å². The topological polar surface area (TPSA) is 107 Å². The summed E-state index contributed by atoms with van der Waals surface area (Å²) in [5.41, 5.74) is 6.46. The van der Waals surface area contributed by atoms with E-state index in [1.807, 2.05) is 30.3 Å². The molecule has 1 aromatic carbocycles. The van der Waals surface area contributed by atoms with Crippen LogP contribution in [0.25, 0.3) is 11.3 Å². The molecular weight excluding hydrogens is 322 g/mol. The van der Waals surface area contributed by atoms with Crippen LogP contribution in [0.2, 0.25) is 0 Å². The van der Waals surface area contributed by atoms with Gasteiger partial charge in [0.2, 0.25) is 5.91 Å². The fraction of sp³-hybridized carbons (Fsp3) is 0.389. The molecule has 132 valence electrons. The summed E-state index contributed by atoms with van der Waals surface area (Å²) in [7, 11) is 0. The SMILES string of the molecule is Cc1onc(-c2ccccc2)c1C(=O)NCC1(C(N)=O)CCOCC1. The maximum absolute atomic E-state index is 12.7. The minimum atomic E-state index is -0.772. The summed E-state index contributed by atoms with van der Waals surface area (Å²) >= 11 is 0. The Balaban J connectivity index is 1.80. The molecule has 2 heterocycles. The highest BCUT2D eigenvalue weighted by Crippen LogP contribution is 2.30. The summed E-state index contributed by atoms with van der Waals surface area (Å²) in [5.74, 6) is -0.317. The molecule has 2 amide bonds. The zero-order valence-electron chi connectivity index (χ0n) is 14.1. The largest absolute Gasteiger partial charge is 0.381 e. The Morgan fingerprint density at radius 3 is 2.56 bits per heavy atom. The van der Waals surface area contributed by atoms with E-state index in [1.54, 1.807) is 6.92 Å². The van der Waals surface area contributed by atoms with E-state index < -0.39 is 11.3 Å². The summed E-state index contributed by atoms with van der Waals surface area (Å²) < 4.78 is 10.5. The molecule has 7 nitrogen and oxygen atoms in total. The van der Waals surface area contributed by atoms with Crippen LogP contribution in [0.5, 0.6) is 0 Å². The van der Waals surface area contributed by atoms with Crippen molar-refractivity contribution in [3.05, 3.63) is 41.7 Å². The first-order chi connectivity index (χ1) is 12.0. The van der Waals surface area contributed by atoms with Gasteiger partial charge in [0.15, 0.2) is 0 Å². The molecule has 0 atom stereocenters. The average Bonchev–Trinajstić information content (AvgIpc) is 3.03. The molecule has 3 N–H and O–H groups in total. The van der Waals surface area contributed by atoms with Crippen molar-refractivity contribution in [1.82, 2.24) is 10.5 Å². The lowest BCUT2D eigenvalue weighted by Crippen LogP contribution is -2.49. The highest BCUT2D eigenvalue weighted by molar-refractivity contribution is 6.01. The lowest BCUT2D eigenvalue weighted by molar-refractivity contribution is -0.132. The van der Waals surface area contributed by atoms with Crippen LogP contribution in [0.1, 0.15) is 29.0 Å². The summed E-state index contributed by atoms with van der Waals surface area (Å²) in [5, 5.41) is 6.84. The van der Waals surface area contributed by atoms with Crippen LogP contribution in [-0.2, 0) is 9.53 Å². The van der Waals surface area contributed by atoms with Gasteiger partial charge in [0.25, 0.3) is 5.91 Å². The quantitative estimate of drug-likeness (QED) is 0.858. The Labute approximate surface area is 145 Å². The molecule has 7 heteroatoms. The molecule has 1 aromatic heterocycles. The third-order valence-corrected chi connectivity index (χ3v) is 4.70. The Morgan fingerprint density at radius 2 is 1.92 bits per heavy atom. The number of nitrogens with zero attached hydrogens (tertiary/aromatic N) is 1. The number of hydrogen-bond donors (Lipinski definition) is 2. The third kappa shape index (κ3) is 3.41. The molecule has 1 fully saturated rings. The lowest BCUT2D eigenvalue weighted by atomic mass is 9.79. The second kappa shape index (κ2) is 7.06. The van der Waals surface area contributed by atoms with Crippen LogP contribution in [-0.4, -0.2) is 36.7 Å². The van der Waals surface area contributed by atoms with Crippen molar-refractivity contribution >= 4 is 11.8 Å². The molecule has 0 unspecified atom stereocenters. The molecule has 25 heavy (non-hydrogen) atoms. The second-order valence-corrected chi connectivity index (χ2v) is 6.27. The van der Waals surface area contributed by atoms with Gasteiger partial charge in [0.05, 0.1) is 5.41 Å². The first kappa shape index (κ1) is 17.2. The van der Waals surface area contributed by atoms with E-state index in [1.165, 1.54) is 0 Å². The highest BCUT2D eigenvalue weighted by atomic mass is 16.5. The molecule has 1 saturated heterocycles. The van der Waals surface area contributed by atoms with Crippen LogP contribution in [0.15, 0.2) is 34.9 Å². The number of nitrogens with two attached hydrogens (primary N) is 1. The van der Waals surface area contributed by atoms with Gasteiger partial charge in [-0.25, -0.2) is 0 Å². The first-order valence-electron chi connectivity index (χ1n) is 8.21. The average molecular weight is 343 g/mol. The van der Waals surface area contributed by atoms with Gasteiger partial charge in [-0.05, 0) is 19.8 Å². The number of benzene rings is 1. The minimum absolute atomic E-state index is 0.170. The smallest absolute Gasteiger partial charge is 0.257 e. The van der Waals surface area contributed by atoms with E-state index in [0.29, 0.717) is 43.1 Å². The lowest BCUT2D eigenvalue weighted by Gasteiger charge is -2.34. The zero-order valence-corrected chi connectivity index (χ0v) is 14.1. The van der Waals surface area contributed by atoms with Crippen molar-refractivity contribution in [2.75, 3.05) is 19.8 Å². The van der Waals surface area contributed by atoms with Crippen LogP contribution in [0.3, 0.4) is 0 Å². The van der Waals surface area contributed by atoms with E-state index in [0.717, 1.165) is 5.56 Å². The number of nitrogens with one attached hydrogen (secondary N) is 1. The molecule has 3 rings (SSSR count). The predicted octanol–water partition coefficient (Wildman–Crippen LogP) is 1.66. The molecule has 0 bridgehead atoms. The number of hydrogen-bond acceptors (Lipinski definition) is 5. The normalized spacial score (nSPS) is 16.4. The van der Waals surface area contributed by atoms with Gasteiger partial charge >= 0.3 is 0 Å². The van der Waals surface area contributed by atoms with Crippen LogP contribution in [0.4, 0.5) is 0 Å². The van der Waals surface area contributed by atoms with E-state index in [-0.39, 0.29) is 12.5 Å². The fourth-order valence-electron chi connectivity index (χ4n) is 3.04. The van der Waals surface area contributed by atoms with Crippen molar-refractivity contribution in [1.29, 1.82) is 0 Å². The Kier molecular flexibility index (Phi) is 4.85. The van der Waals surface area contributed by atoms with Gasteiger partial charge in [-0.3, -0.25) is 9.59 Å². The predicted molar refractivity (Wildman–Crippen MR) is 90.7 cm³/mol. The monoisotopic (exact) mass is 343 g/mol. The van der Waals surface area contributed by atoms with Gasteiger partial charge in [0.1, 0.15) is 17.0 Å². The number of amides is 2. The van der Waals surface area contributed by atoms with Gasteiger partial charge in [-0.15, -0.1) is 0 Å². The second-order valence-electron chi connectivity index (χ2n) is 6.27. The molecule has 1 aliphatic heterocycles. The number of carbonyl (C=O) groups excluding carboxylic acids is 2. The van der Waals surface area contributed by atoms with E-state index in [2.05, 4.69) is 10.5 Å². The standard InChI is InChI=1S/C18H21N3O4/c1-12-14(15(21-25-12)13-5-3-2-4-6-13)16(22)20-11-18(17(19)23)7-9-24-10-8-18/h2-6H,7-11H2,1H3,(H2,19,23)(H,20,22). The number of aromatic nitrogens is 1. The Hall–Kier alpha value is -2.67. The third-order valence-electron chi connectivity index (χ3n) is 4.70. The van der Waals surface area contributed by atoms with Gasteiger partial charge < -0.3 is 20.3 Å². The maximum atomic E-state index is 12.7. The highest BCUT2D eigenvalue weighted by Gasteiger charge is 2.39. The van der Waals surface area contributed by atoms with Gasteiger partial charge in [-0.1, -0.05) is 35.5 Å². The van der Waals surface area contributed by atoms with Crippen LogP contribution < -0.4 is 11.1 Å². The molecule has 1 aliphatic rings. The summed E-state index contributed by atoms with van der Waals surface area (Å²) in [6.45, 7) is 2.77. The maximum Gasteiger partial charge on any atom is 0.257 e. The summed E-state index contributed by atoms with van der Waals surface area (Å²) in [6.07, 6.45) is 0.994. The van der Waals surface area contributed by atoms with Crippen LogP contribution in [0, 0.1) is 12.3 Å². The van der Waals surface area contributed by atoms with E-state index in [4.69, 9.17) is 15.0 Å². The molecular formula is C18H21N3O4. The first-order valence-corrected chi connectivity index (χ1v) is 8.21. The van der Waals surface area contributed by atoms with Crippen molar-refractivity contribution in [3.63, 3.8) is 0 Å². The Bertz CT molecular complexity index is 764. The van der Waals surface area contributed by atoms with Crippen molar-refractivity contribution in [2.45, 2.75) is 19.8 Å². The molecule has 2 aromatic rings. The summed E-state index contributed by atoms with van der Waals surface area (Å²) in [4.78, 5) is 24.6. The van der Waals surface area contributed by atoms with Crippen molar-refractivity contribution < 1.29 is 18.8 Å². The van der Waals surface area contributed by atoms with Crippen molar-refractivity contribution in [3.8, 4) is 11.3 Å². The fourth-order valence-corrected chi connectivity index (χ4v) is 3.04.